The van der Waals surface area contributed by atoms with Crippen LogP contribution in [0, 0.1) is 16.2 Å². The van der Waals surface area contributed by atoms with Gasteiger partial charge in [-0.3, -0.25) is 14.4 Å². The van der Waals surface area contributed by atoms with E-state index in [1.807, 2.05) is 0 Å². The standard InChI is InChI=1S/C22H23NO8/c1-19(2,3)21(28)9-12-20(10-13(24)29-12)18(27)31-17-22(20,21)14(15(25)23-17)30-16(26)11-7-5-4-6-8-11/h4-8,12,14,17,28H,9-10H2,1-3H3,(H,23,25)/t12-,14+,17-,20-,21+,22+/m0/s1. The first-order chi connectivity index (χ1) is 14.5. The first-order valence-corrected chi connectivity index (χ1v) is 10.2. The Balaban J connectivity index is 1.71. The van der Waals surface area contributed by atoms with Crippen LogP contribution in [-0.2, 0) is 28.6 Å². The fourth-order valence-electron chi connectivity index (χ4n) is 6.17. The maximum absolute atomic E-state index is 13.2. The molecule has 5 rings (SSSR count). The third-order valence-electron chi connectivity index (χ3n) is 7.55. The number of hydrogen-bond acceptors (Lipinski definition) is 8. The van der Waals surface area contributed by atoms with Gasteiger partial charge in [0.05, 0.1) is 17.6 Å². The monoisotopic (exact) mass is 429 g/mol. The van der Waals surface area contributed by atoms with Crippen molar-refractivity contribution in [2.45, 2.75) is 57.6 Å². The summed E-state index contributed by atoms with van der Waals surface area (Å²) in [5.74, 6) is -2.83. The quantitative estimate of drug-likeness (QED) is 0.519. The first kappa shape index (κ1) is 20.0. The molecule has 1 saturated carbocycles. The number of carbonyl (C=O) groups is 4. The van der Waals surface area contributed by atoms with Gasteiger partial charge in [-0.05, 0) is 17.5 Å². The molecular formula is C22H23NO8. The van der Waals surface area contributed by atoms with Gasteiger partial charge in [0.1, 0.15) is 16.9 Å². The van der Waals surface area contributed by atoms with E-state index in [1.165, 1.54) is 12.1 Å². The van der Waals surface area contributed by atoms with Crippen LogP contribution in [0.2, 0.25) is 0 Å². The summed E-state index contributed by atoms with van der Waals surface area (Å²) < 4.78 is 16.7. The third-order valence-corrected chi connectivity index (χ3v) is 7.55. The maximum atomic E-state index is 13.2. The Morgan fingerprint density at radius 2 is 1.84 bits per heavy atom. The van der Waals surface area contributed by atoms with Crippen LogP contribution in [0.1, 0.15) is 44.0 Å². The maximum Gasteiger partial charge on any atom is 0.338 e. The van der Waals surface area contributed by atoms with Gasteiger partial charge in [0, 0.05) is 6.42 Å². The van der Waals surface area contributed by atoms with Gasteiger partial charge in [-0.2, -0.15) is 0 Å². The van der Waals surface area contributed by atoms with Crippen LogP contribution < -0.4 is 5.32 Å². The van der Waals surface area contributed by atoms with E-state index in [-0.39, 0.29) is 18.4 Å². The number of carbonyl (C=O) groups excluding carboxylic acids is 4. The van der Waals surface area contributed by atoms with Crippen molar-refractivity contribution >= 4 is 23.8 Å². The molecule has 4 aliphatic rings. The topological polar surface area (TPSA) is 128 Å². The number of ether oxygens (including phenoxy) is 3. The smallest absolute Gasteiger partial charge is 0.338 e. The molecule has 2 N–H and O–H groups in total. The average Bonchev–Trinajstić information content (AvgIpc) is 3.30. The molecule has 3 aliphatic heterocycles. The molecule has 4 fully saturated rings. The first-order valence-electron chi connectivity index (χ1n) is 10.2. The fraction of sp³-hybridized carbons (Fsp3) is 0.545. The second-order valence-corrected chi connectivity index (χ2v) is 9.76. The van der Waals surface area contributed by atoms with Gasteiger partial charge in [0.25, 0.3) is 5.91 Å². The van der Waals surface area contributed by atoms with Crippen molar-refractivity contribution in [1.82, 2.24) is 5.32 Å². The van der Waals surface area contributed by atoms with Crippen molar-refractivity contribution in [1.29, 1.82) is 0 Å². The van der Waals surface area contributed by atoms with Crippen molar-refractivity contribution in [3.63, 3.8) is 0 Å². The summed E-state index contributed by atoms with van der Waals surface area (Å²) >= 11 is 0. The molecule has 2 spiro atoms. The molecule has 0 bridgehead atoms. The molecule has 0 unspecified atom stereocenters. The van der Waals surface area contributed by atoms with Crippen molar-refractivity contribution in [3.8, 4) is 0 Å². The van der Waals surface area contributed by atoms with Crippen LogP contribution in [0.15, 0.2) is 30.3 Å². The normalized spacial score (nSPS) is 40.5. The highest BCUT2D eigenvalue weighted by Crippen LogP contribution is 2.75. The van der Waals surface area contributed by atoms with Crippen molar-refractivity contribution in [2.24, 2.45) is 16.2 Å². The summed E-state index contributed by atoms with van der Waals surface area (Å²) in [7, 11) is 0. The van der Waals surface area contributed by atoms with Crippen LogP contribution >= 0.6 is 0 Å². The Kier molecular flexibility index (Phi) is 3.77. The van der Waals surface area contributed by atoms with E-state index < -0.39 is 64.1 Å². The van der Waals surface area contributed by atoms with Gasteiger partial charge in [-0.25, -0.2) is 4.79 Å². The summed E-state index contributed by atoms with van der Waals surface area (Å²) in [6, 6.07) is 8.10. The van der Waals surface area contributed by atoms with E-state index in [0.29, 0.717) is 0 Å². The molecule has 6 atom stereocenters. The zero-order valence-corrected chi connectivity index (χ0v) is 17.3. The van der Waals surface area contributed by atoms with E-state index in [4.69, 9.17) is 14.2 Å². The lowest BCUT2D eigenvalue weighted by atomic mass is 9.52. The lowest BCUT2D eigenvalue weighted by Crippen LogP contribution is -2.66. The zero-order valence-electron chi connectivity index (χ0n) is 17.3. The molecule has 9 nitrogen and oxygen atoms in total. The Morgan fingerprint density at radius 1 is 1.16 bits per heavy atom. The largest absolute Gasteiger partial charge is 0.461 e. The highest BCUT2D eigenvalue weighted by atomic mass is 16.6. The summed E-state index contributed by atoms with van der Waals surface area (Å²) in [6.07, 6.45) is -4.25. The molecule has 3 heterocycles. The summed E-state index contributed by atoms with van der Waals surface area (Å²) in [5, 5.41) is 14.7. The predicted molar refractivity (Wildman–Crippen MR) is 102 cm³/mol. The van der Waals surface area contributed by atoms with Crippen LogP contribution in [0.4, 0.5) is 0 Å². The van der Waals surface area contributed by atoms with Crippen LogP contribution in [0.25, 0.3) is 0 Å². The van der Waals surface area contributed by atoms with Gasteiger partial charge in [0.2, 0.25) is 0 Å². The summed E-state index contributed by atoms with van der Waals surface area (Å²) in [6.45, 7) is 5.28. The van der Waals surface area contributed by atoms with Crippen LogP contribution in [-0.4, -0.2) is 53.0 Å². The molecule has 164 valence electrons. The minimum Gasteiger partial charge on any atom is -0.461 e. The second kappa shape index (κ2) is 5.85. The van der Waals surface area contributed by atoms with Gasteiger partial charge in [-0.15, -0.1) is 0 Å². The Labute approximate surface area is 178 Å². The molecule has 1 aromatic carbocycles. The third kappa shape index (κ3) is 2.10. The molecule has 1 amide bonds. The number of nitrogens with one attached hydrogen (secondary N) is 1. The lowest BCUT2D eigenvalue weighted by molar-refractivity contribution is -0.205. The Bertz CT molecular complexity index is 1020. The number of aliphatic hydroxyl groups is 1. The van der Waals surface area contributed by atoms with E-state index in [2.05, 4.69) is 5.32 Å². The number of hydrogen-bond donors (Lipinski definition) is 2. The number of amides is 1. The fourth-order valence-corrected chi connectivity index (χ4v) is 6.17. The van der Waals surface area contributed by atoms with Gasteiger partial charge < -0.3 is 24.6 Å². The van der Waals surface area contributed by atoms with Crippen molar-refractivity contribution in [2.75, 3.05) is 0 Å². The molecule has 0 aromatic heterocycles. The van der Waals surface area contributed by atoms with Crippen molar-refractivity contribution in [3.05, 3.63) is 35.9 Å². The molecule has 9 heteroatoms. The number of rotatable bonds is 2. The van der Waals surface area contributed by atoms with Crippen LogP contribution in [0.3, 0.4) is 0 Å². The number of benzene rings is 1. The molecule has 0 radical (unpaired) electrons. The summed E-state index contributed by atoms with van der Waals surface area (Å²) in [4.78, 5) is 51.4. The van der Waals surface area contributed by atoms with Gasteiger partial charge in [-0.1, -0.05) is 39.0 Å². The predicted octanol–water partition coefficient (Wildman–Crippen LogP) is 0.694. The minimum atomic E-state index is -1.73. The van der Waals surface area contributed by atoms with E-state index in [1.54, 1.807) is 39.0 Å². The van der Waals surface area contributed by atoms with E-state index in [0.717, 1.165) is 0 Å². The van der Waals surface area contributed by atoms with Gasteiger partial charge >= 0.3 is 17.9 Å². The minimum absolute atomic E-state index is 0.0812. The molecule has 1 aliphatic carbocycles. The van der Waals surface area contributed by atoms with Gasteiger partial charge in [0.15, 0.2) is 12.3 Å². The molecule has 31 heavy (non-hydrogen) atoms. The zero-order chi connectivity index (χ0) is 22.4. The SMILES string of the molecule is CC(C)(C)[C@]1(O)C[C@@H]2OC(=O)C[C@@]23C(=O)O[C@@H]2NC(=O)[C@@H](OC(=O)c4ccccc4)[C@]213. The van der Waals surface area contributed by atoms with Crippen molar-refractivity contribution < 1.29 is 38.5 Å². The number of esters is 3. The van der Waals surface area contributed by atoms with E-state index >= 15 is 0 Å². The molecule has 3 saturated heterocycles. The Morgan fingerprint density at radius 3 is 2.48 bits per heavy atom. The Hall–Kier alpha value is -2.94. The van der Waals surface area contributed by atoms with Crippen LogP contribution in [0.5, 0.6) is 0 Å². The van der Waals surface area contributed by atoms with E-state index in [9.17, 15) is 24.3 Å². The lowest BCUT2D eigenvalue weighted by Gasteiger charge is -2.51. The average molecular weight is 429 g/mol. The summed E-state index contributed by atoms with van der Waals surface area (Å²) in [5.41, 5.74) is -5.77. The molecule has 1 aromatic rings. The highest BCUT2D eigenvalue weighted by Gasteiger charge is 2.92. The highest BCUT2D eigenvalue weighted by molar-refractivity contribution is 5.99. The molecular weight excluding hydrogens is 406 g/mol. The second-order valence-electron chi connectivity index (χ2n) is 9.76.